The van der Waals surface area contributed by atoms with E-state index in [1.165, 1.54) is 0 Å². The smallest absolute Gasteiger partial charge is 0.235 e. The minimum absolute atomic E-state index is 0.00516. The van der Waals surface area contributed by atoms with Crippen LogP contribution in [0.4, 0.5) is 0 Å². The first-order chi connectivity index (χ1) is 6.25. The van der Waals surface area contributed by atoms with Crippen LogP contribution < -0.4 is 10.6 Å². The molecule has 2 N–H and O–H groups in total. The third kappa shape index (κ3) is 1.65. The van der Waals surface area contributed by atoms with Gasteiger partial charge in [-0.2, -0.15) is 0 Å². The molecule has 0 aliphatic carbocycles. The molecule has 13 heavy (non-hydrogen) atoms. The molecule has 5 nitrogen and oxygen atoms in total. The van der Waals surface area contributed by atoms with Crippen molar-refractivity contribution in [3.05, 3.63) is 23.8 Å². The van der Waals surface area contributed by atoms with Crippen molar-refractivity contribution in [1.29, 1.82) is 0 Å². The number of aryl methyl sites for hydroxylation is 1. The number of nitrogens with zero attached hydrogens (tertiary/aromatic N) is 2. The van der Waals surface area contributed by atoms with Gasteiger partial charge in [0.05, 0.1) is 6.54 Å². The molecule has 1 amide bonds. The minimum Gasteiger partial charge on any atom is -0.335 e. The Morgan fingerprint density at radius 3 is 2.69 bits per heavy atom. The number of rotatable bonds is 1. The van der Waals surface area contributed by atoms with Gasteiger partial charge < -0.3 is 5.32 Å². The van der Waals surface area contributed by atoms with Gasteiger partial charge in [0.1, 0.15) is 12.0 Å². The van der Waals surface area contributed by atoms with Crippen molar-refractivity contribution in [3.8, 4) is 0 Å². The topological polar surface area (TPSA) is 66.9 Å². The SMILES string of the molecule is Cc1ncc(C2NCC(=O)N2)cn1. The summed E-state index contributed by atoms with van der Waals surface area (Å²) >= 11 is 0. The van der Waals surface area contributed by atoms with E-state index in [1.807, 2.05) is 6.92 Å². The van der Waals surface area contributed by atoms with Crippen LogP contribution in [0.25, 0.3) is 0 Å². The third-order valence-electron chi connectivity index (χ3n) is 1.91. The molecule has 0 aromatic carbocycles. The summed E-state index contributed by atoms with van der Waals surface area (Å²) in [5.74, 6) is 0.735. The number of hydrogen-bond acceptors (Lipinski definition) is 4. The quantitative estimate of drug-likeness (QED) is 0.608. The van der Waals surface area contributed by atoms with Crippen molar-refractivity contribution in [1.82, 2.24) is 20.6 Å². The first-order valence-electron chi connectivity index (χ1n) is 4.07. The van der Waals surface area contributed by atoms with Gasteiger partial charge in [0, 0.05) is 18.0 Å². The second-order valence-electron chi connectivity index (χ2n) is 2.95. The largest absolute Gasteiger partial charge is 0.335 e. The van der Waals surface area contributed by atoms with Crippen LogP contribution in [0.1, 0.15) is 17.6 Å². The summed E-state index contributed by atoms with van der Waals surface area (Å²) < 4.78 is 0. The van der Waals surface area contributed by atoms with Crippen molar-refractivity contribution in [2.75, 3.05) is 6.54 Å². The van der Waals surface area contributed by atoms with E-state index < -0.39 is 0 Å². The maximum atomic E-state index is 10.9. The van der Waals surface area contributed by atoms with Crippen molar-refractivity contribution in [2.24, 2.45) is 0 Å². The van der Waals surface area contributed by atoms with E-state index in [-0.39, 0.29) is 12.1 Å². The van der Waals surface area contributed by atoms with Crippen LogP contribution in [-0.2, 0) is 4.79 Å². The Balaban J connectivity index is 2.17. The normalized spacial score (nSPS) is 21.6. The van der Waals surface area contributed by atoms with Crippen LogP contribution in [0.5, 0.6) is 0 Å². The molecule has 1 fully saturated rings. The highest BCUT2D eigenvalue weighted by Gasteiger charge is 2.21. The Bertz CT molecular complexity index is 321. The average molecular weight is 178 g/mol. The first-order valence-corrected chi connectivity index (χ1v) is 4.07. The van der Waals surface area contributed by atoms with Crippen molar-refractivity contribution < 1.29 is 4.79 Å². The van der Waals surface area contributed by atoms with E-state index in [0.29, 0.717) is 6.54 Å². The van der Waals surface area contributed by atoms with E-state index >= 15 is 0 Å². The van der Waals surface area contributed by atoms with Crippen LogP contribution >= 0.6 is 0 Å². The van der Waals surface area contributed by atoms with Gasteiger partial charge in [-0.05, 0) is 6.92 Å². The Morgan fingerprint density at radius 1 is 1.46 bits per heavy atom. The molecule has 0 bridgehead atoms. The molecule has 1 aromatic rings. The van der Waals surface area contributed by atoms with Crippen molar-refractivity contribution >= 4 is 5.91 Å². The van der Waals surface area contributed by atoms with Crippen LogP contribution in [0.15, 0.2) is 12.4 Å². The number of nitrogens with one attached hydrogen (secondary N) is 2. The molecule has 1 aliphatic rings. The lowest BCUT2D eigenvalue weighted by Gasteiger charge is -2.08. The number of aromatic nitrogens is 2. The number of carbonyl (C=O) groups excluding carboxylic acids is 1. The summed E-state index contributed by atoms with van der Waals surface area (Å²) in [5, 5.41) is 5.76. The molecule has 1 aliphatic heterocycles. The highest BCUT2D eigenvalue weighted by molar-refractivity contribution is 5.80. The lowest BCUT2D eigenvalue weighted by Crippen LogP contribution is -2.23. The van der Waals surface area contributed by atoms with Crippen LogP contribution in [0.2, 0.25) is 0 Å². The zero-order valence-electron chi connectivity index (χ0n) is 7.24. The summed E-state index contributed by atoms with van der Waals surface area (Å²) in [5.41, 5.74) is 0.886. The van der Waals surface area contributed by atoms with E-state index in [9.17, 15) is 4.79 Å². The fourth-order valence-electron chi connectivity index (χ4n) is 1.21. The van der Waals surface area contributed by atoms with E-state index in [2.05, 4.69) is 20.6 Å². The molecule has 68 valence electrons. The van der Waals surface area contributed by atoms with E-state index in [1.54, 1.807) is 12.4 Å². The van der Waals surface area contributed by atoms with Crippen molar-refractivity contribution in [2.45, 2.75) is 13.1 Å². The van der Waals surface area contributed by atoms with Crippen LogP contribution in [-0.4, -0.2) is 22.4 Å². The zero-order chi connectivity index (χ0) is 9.26. The molecule has 1 saturated heterocycles. The molecule has 1 unspecified atom stereocenters. The Morgan fingerprint density at radius 2 is 2.15 bits per heavy atom. The molecule has 0 radical (unpaired) electrons. The van der Waals surface area contributed by atoms with Gasteiger partial charge >= 0.3 is 0 Å². The first kappa shape index (κ1) is 8.12. The van der Waals surface area contributed by atoms with Crippen LogP contribution in [0, 0.1) is 6.92 Å². The predicted molar refractivity (Wildman–Crippen MR) is 45.7 cm³/mol. The fourth-order valence-corrected chi connectivity index (χ4v) is 1.21. The second-order valence-corrected chi connectivity index (χ2v) is 2.95. The Labute approximate surface area is 75.6 Å². The van der Waals surface area contributed by atoms with Gasteiger partial charge in [0.15, 0.2) is 0 Å². The molecule has 1 aromatic heterocycles. The lowest BCUT2D eigenvalue weighted by atomic mass is 10.3. The average Bonchev–Trinajstić information content (AvgIpc) is 2.53. The molecule has 0 spiro atoms. The van der Waals surface area contributed by atoms with Gasteiger partial charge in [-0.15, -0.1) is 0 Å². The lowest BCUT2D eigenvalue weighted by molar-refractivity contribution is -0.118. The maximum absolute atomic E-state index is 10.9. The van der Waals surface area contributed by atoms with Gasteiger partial charge in [-0.25, -0.2) is 9.97 Å². The van der Waals surface area contributed by atoms with Crippen LogP contribution in [0.3, 0.4) is 0 Å². The summed E-state index contributed by atoms with van der Waals surface area (Å²) in [6, 6.07) is 0. The summed E-state index contributed by atoms with van der Waals surface area (Å²) in [4.78, 5) is 19.0. The molecule has 0 saturated carbocycles. The number of hydrogen-bond donors (Lipinski definition) is 2. The molecule has 2 rings (SSSR count). The maximum Gasteiger partial charge on any atom is 0.235 e. The molecule has 2 heterocycles. The highest BCUT2D eigenvalue weighted by Crippen LogP contribution is 2.09. The second kappa shape index (κ2) is 3.10. The Kier molecular flexibility index (Phi) is 1.94. The Hall–Kier alpha value is -1.49. The van der Waals surface area contributed by atoms with Gasteiger partial charge in [-0.3, -0.25) is 10.1 Å². The molecular formula is C8H10N4O. The van der Waals surface area contributed by atoms with Crippen molar-refractivity contribution in [3.63, 3.8) is 0 Å². The predicted octanol–water partition coefficient (Wildman–Crippen LogP) is -0.497. The van der Waals surface area contributed by atoms with E-state index in [4.69, 9.17) is 0 Å². The van der Waals surface area contributed by atoms with Gasteiger partial charge in [0.2, 0.25) is 5.91 Å². The summed E-state index contributed by atoms with van der Waals surface area (Å²) in [6.07, 6.45) is 3.30. The highest BCUT2D eigenvalue weighted by atomic mass is 16.2. The summed E-state index contributed by atoms with van der Waals surface area (Å²) in [6.45, 7) is 2.18. The van der Waals surface area contributed by atoms with Gasteiger partial charge in [-0.1, -0.05) is 0 Å². The zero-order valence-corrected chi connectivity index (χ0v) is 7.24. The molecule has 1 atom stereocenters. The number of amides is 1. The molecule has 5 heteroatoms. The minimum atomic E-state index is -0.131. The monoisotopic (exact) mass is 178 g/mol. The van der Waals surface area contributed by atoms with Gasteiger partial charge in [0.25, 0.3) is 0 Å². The van der Waals surface area contributed by atoms with E-state index in [0.717, 1.165) is 11.4 Å². The third-order valence-corrected chi connectivity index (χ3v) is 1.91. The fraction of sp³-hybridized carbons (Fsp3) is 0.375. The number of carbonyl (C=O) groups is 1. The summed E-state index contributed by atoms with van der Waals surface area (Å²) in [7, 11) is 0. The standard InChI is InChI=1S/C8H10N4O/c1-5-9-2-6(3-10-5)8-11-4-7(13)12-8/h2-3,8,11H,4H2,1H3,(H,12,13). The molecular weight excluding hydrogens is 168 g/mol.